The van der Waals surface area contributed by atoms with Gasteiger partial charge in [-0.05, 0) is 56.0 Å². The SMILES string of the molecule is CCCNC(=O)c1cc(C2CCNCC2)ccc1F. The zero-order valence-corrected chi connectivity index (χ0v) is 11.3. The van der Waals surface area contributed by atoms with E-state index in [0.717, 1.165) is 37.9 Å². The van der Waals surface area contributed by atoms with E-state index in [1.807, 2.05) is 13.0 Å². The standard InChI is InChI=1S/C15H21FN2O/c1-2-7-18-15(19)13-10-12(3-4-14(13)16)11-5-8-17-9-6-11/h3-4,10-11,17H,2,5-9H2,1H3,(H,18,19). The minimum absolute atomic E-state index is 0.171. The molecule has 0 unspecified atom stereocenters. The van der Waals surface area contributed by atoms with Crippen LogP contribution in [-0.2, 0) is 0 Å². The Labute approximate surface area is 113 Å². The van der Waals surface area contributed by atoms with Crippen molar-refractivity contribution in [2.24, 2.45) is 0 Å². The van der Waals surface area contributed by atoms with Gasteiger partial charge in [-0.15, -0.1) is 0 Å². The molecule has 0 aromatic heterocycles. The Kier molecular flexibility index (Phi) is 4.91. The van der Waals surface area contributed by atoms with Gasteiger partial charge >= 0.3 is 0 Å². The third-order valence-corrected chi connectivity index (χ3v) is 3.58. The summed E-state index contributed by atoms with van der Waals surface area (Å²) in [5, 5.41) is 6.04. The molecule has 0 radical (unpaired) electrons. The van der Waals surface area contributed by atoms with Gasteiger partial charge in [0.1, 0.15) is 5.82 Å². The fourth-order valence-electron chi connectivity index (χ4n) is 2.46. The highest BCUT2D eigenvalue weighted by atomic mass is 19.1. The third kappa shape index (κ3) is 3.53. The highest BCUT2D eigenvalue weighted by molar-refractivity contribution is 5.94. The third-order valence-electron chi connectivity index (χ3n) is 3.58. The lowest BCUT2D eigenvalue weighted by atomic mass is 9.89. The van der Waals surface area contributed by atoms with Gasteiger partial charge in [-0.2, -0.15) is 0 Å². The number of carbonyl (C=O) groups is 1. The van der Waals surface area contributed by atoms with Crippen LogP contribution in [0.15, 0.2) is 18.2 Å². The van der Waals surface area contributed by atoms with Crippen molar-refractivity contribution < 1.29 is 9.18 Å². The maximum atomic E-state index is 13.7. The van der Waals surface area contributed by atoms with Gasteiger partial charge in [0, 0.05) is 6.54 Å². The van der Waals surface area contributed by atoms with E-state index in [2.05, 4.69) is 10.6 Å². The summed E-state index contributed by atoms with van der Waals surface area (Å²) in [4.78, 5) is 11.9. The second kappa shape index (κ2) is 6.66. The molecule has 2 N–H and O–H groups in total. The zero-order valence-electron chi connectivity index (χ0n) is 11.3. The average Bonchev–Trinajstić information content (AvgIpc) is 2.46. The van der Waals surface area contributed by atoms with Gasteiger partial charge in [-0.3, -0.25) is 4.79 Å². The van der Waals surface area contributed by atoms with E-state index in [1.165, 1.54) is 6.07 Å². The van der Waals surface area contributed by atoms with Crippen LogP contribution in [0.25, 0.3) is 0 Å². The number of piperidine rings is 1. The number of rotatable bonds is 4. The summed E-state index contributed by atoms with van der Waals surface area (Å²) in [5.74, 6) is -0.319. The molecule has 0 bridgehead atoms. The molecule has 1 fully saturated rings. The summed E-state index contributed by atoms with van der Waals surface area (Å²) in [7, 11) is 0. The van der Waals surface area contributed by atoms with Crippen molar-refractivity contribution in [1.29, 1.82) is 0 Å². The predicted octanol–water partition coefficient (Wildman–Crippen LogP) is 2.43. The molecule has 1 aromatic carbocycles. The van der Waals surface area contributed by atoms with Crippen LogP contribution in [0.3, 0.4) is 0 Å². The Hall–Kier alpha value is -1.42. The Morgan fingerprint density at radius 1 is 1.42 bits per heavy atom. The number of hydrogen-bond donors (Lipinski definition) is 2. The molecule has 19 heavy (non-hydrogen) atoms. The first kappa shape index (κ1) is 14.0. The maximum Gasteiger partial charge on any atom is 0.254 e. The molecule has 1 saturated heterocycles. The van der Waals surface area contributed by atoms with Crippen LogP contribution in [0, 0.1) is 5.82 Å². The molecule has 1 aliphatic heterocycles. The van der Waals surface area contributed by atoms with Crippen molar-refractivity contribution in [3.05, 3.63) is 35.1 Å². The number of halogens is 1. The topological polar surface area (TPSA) is 41.1 Å². The van der Waals surface area contributed by atoms with Gasteiger partial charge in [0.05, 0.1) is 5.56 Å². The van der Waals surface area contributed by atoms with Crippen molar-refractivity contribution in [1.82, 2.24) is 10.6 Å². The molecule has 2 rings (SSSR count). The monoisotopic (exact) mass is 264 g/mol. The van der Waals surface area contributed by atoms with Crippen molar-refractivity contribution in [2.45, 2.75) is 32.1 Å². The first-order chi connectivity index (χ1) is 9.22. The number of amides is 1. The predicted molar refractivity (Wildman–Crippen MR) is 73.9 cm³/mol. The molecule has 1 amide bonds. The fourth-order valence-corrected chi connectivity index (χ4v) is 2.46. The molecule has 4 heteroatoms. The summed E-state index contributed by atoms with van der Waals surface area (Å²) in [6.45, 7) is 4.52. The lowest BCUT2D eigenvalue weighted by Crippen LogP contribution is -2.27. The quantitative estimate of drug-likeness (QED) is 0.877. The summed E-state index contributed by atoms with van der Waals surface area (Å²) in [6.07, 6.45) is 2.94. The van der Waals surface area contributed by atoms with Crippen LogP contribution in [0.1, 0.15) is 48.0 Å². The van der Waals surface area contributed by atoms with Crippen LogP contribution < -0.4 is 10.6 Å². The van der Waals surface area contributed by atoms with Gasteiger partial charge in [-0.25, -0.2) is 4.39 Å². The van der Waals surface area contributed by atoms with E-state index in [-0.39, 0.29) is 11.5 Å². The van der Waals surface area contributed by atoms with Crippen LogP contribution in [-0.4, -0.2) is 25.5 Å². The Bertz CT molecular complexity index is 442. The minimum atomic E-state index is -0.439. The van der Waals surface area contributed by atoms with Gasteiger partial charge in [0.15, 0.2) is 0 Å². The molecular weight excluding hydrogens is 243 g/mol. The molecule has 3 nitrogen and oxygen atoms in total. The summed E-state index contributed by atoms with van der Waals surface area (Å²) >= 11 is 0. The van der Waals surface area contributed by atoms with Crippen LogP contribution >= 0.6 is 0 Å². The number of hydrogen-bond acceptors (Lipinski definition) is 2. The normalized spacial score (nSPS) is 16.3. The number of carbonyl (C=O) groups excluding carboxylic acids is 1. The highest BCUT2D eigenvalue weighted by Gasteiger charge is 2.18. The lowest BCUT2D eigenvalue weighted by molar-refractivity contribution is 0.0949. The largest absolute Gasteiger partial charge is 0.352 e. The Balaban J connectivity index is 2.16. The molecule has 1 aromatic rings. The minimum Gasteiger partial charge on any atom is -0.352 e. The average molecular weight is 264 g/mol. The van der Waals surface area contributed by atoms with Crippen LogP contribution in [0.2, 0.25) is 0 Å². The van der Waals surface area contributed by atoms with E-state index < -0.39 is 5.82 Å². The molecule has 0 spiro atoms. The van der Waals surface area contributed by atoms with Crippen molar-refractivity contribution in [2.75, 3.05) is 19.6 Å². The first-order valence-electron chi connectivity index (χ1n) is 7.00. The van der Waals surface area contributed by atoms with Gasteiger partial charge in [0.2, 0.25) is 0 Å². The highest BCUT2D eigenvalue weighted by Crippen LogP contribution is 2.26. The molecule has 0 aliphatic carbocycles. The van der Waals surface area contributed by atoms with Crippen molar-refractivity contribution >= 4 is 5.91 Å². The van der Waals surface area contributed by atoms with Crippen LogP contribution in [0.4, 0.5) is 4.39 Å². The van der Waals surface area contributed by atoms with Gasteiger partial charge in [-0.1, -0.05) is 13.0 Å². The zero-order chi connectivity index (χ0) is 13.7. The van der Waals surface area contributed by atoms with E-state index in [4.69, 9.17) is 0 Å². The maximum absolute atomic E-state index is 13.7. The van der Waals surface area contributed by atoms with Gasteiger partial charge in [0.25, 0.3) is 5.91 Å². The molecule has 104 valence electrons. The van der Waals surface area contributed by atoms with E-state index in [0.29, 0.717) is 12.5 Å². The smallest absolute Gasteiger partial charge is 0.254 e. The van der Waals surface area contributed by atoms with Crippen molar-refractivity contribution in [3.63, 3.8) is 0 Å². The molecular formula is C15H21FN2O. The van der Waals surface area contributed by atoms with E-state index in [1.54, 1.807) is 6.07 Å². The Morgan fingerprint density at radius 2 is 2.16 bits per heavy atom. The summed E-state index contributed by atoms with van der Waals surface area (Å²) < 4.78 is 13.7. The van der Waals surface area contributed by atoms with E-state index in [9.17, 15) is 9.18 Å². The van der Waals surface area contributed by atoms with E-state index >= 15 is 0 Å². The van der Waals surface area contributed by atoms with Crippen LogP contribution in [0.5, 0.6) is 0 Å². The van der Waals surface area contributed by atoms with Crippen molar-refractivity contribution in [3.8, 4) is 0 Å². The second-order valence-corrected chi connectivity index (χ2v) is 5.02. The fraction of sp³-hybridized carbons (Fsp3) is 0.533. The first-order valence-corrected chi connectivity index (χ1v) is 7.00. The molecule has 0 saturated carbocycles. The van der Waals surface area contributed by atoms with Gasteiger partial charge < -0.3 is 10.6 Å². The summed E-state index contributed by atoms with van der Waals surface area (Å²) in [6, 6.07) is 4.94. The molecule has 1 aliphatic rings. The molecule has 0 atom stereocenters. The lowest BCUT2D eigenvalue weighted by Gasteiger charge is -2.23. The molecule has 1 heterocycles. The number of benzene rings is 1. The summed E-state index contributed by atoms with van der Waals surface area (Å²) in [5.41, 5.74) is 1.24. The Morgan fingerprint density at radius 3 is 2.84 bits per heavy atom. The second-order valence-electron chi connectivity index (χ2n) is 5.02. The number of nitrogens with one attached hydrogen (secondary N) is 2.